The molecule has 1 aromatic rings. The maximum atomic E-state index is 13.6. The number of nitrogens with zero attached hydrogens (tertiary/aromatic N) is 2. The van der Waals surface area contributed by atoms with Crippen molar-refractivity contribution in [2.45, 2.75) is 38.0 Å². The van der Waals surface area contributed by atoms with Crippen molar-refractivity contribution >= 4 is 5.96 Å². The molecule has 2 aliphatic heterocycles. The first kappa shape index (κ1) is 19.7. The van der Waals surface area contributed by atoms with Crippen molar-refractivity contribution < 1.29 is 22.3 Å². The van der Waals surface area contributed by atoms with Crippen LogP contribution in [0.1, 0.15) is 30.4 Å². The van der Waals surface area contributed by atoms with Crippen LogP contribution < -0.4 is 15.8 Å². The molecule has 5 nitrogen and oxygen atoms in total. The van der Waals surface area contributed by atoms with Gasteiger partial charge in [-0.2, -0.15) is 13.2 Å². The summed E-state index contributed by atoms with van der Waals surface area (Å²) in [6.07, 6.45) is -2.56. The zero-order chi connectivity index (χ0) is 19.4. The molecule has 0 aliphatic carbocycles. The molecule has 0 bridgehead atoms. The zero-order valence-electron chi connectivity index (χ0n) is 15.0. The third-order valence-electron chi connectivity index (χ3n) is 4.69. The number of aliphatic imine (C=N–C) groups is 1. The van der Waals surface area contributed by atoms with E-state index in [-0.39, 0.29) is 11.3 Å². The van der Waals surface area contributed by atoms with Crippen LogP contribution in [-0.4, -0.2) is 49.7 Å². The summed E-state index contributed by atoms with van der Waals surface area (Å²) in [7, 11) is 0. The molecule has 0 radical (unpaired) electrons. The molecule has 9 heteroatoms. The van der Waals surface area contributed by atoms with Gasteiger partial charge in [-0.05, 0) is 49.9 Å². The Kier molecular flexibility index (Phi) is 6.08. The molecule has 0 fully saturated rings. The Morgan fingerprint density at radius 1 is 1.33 bits per heavy atom. The van der Waals surface area contributed by atoms with Gasteiger partial charge in [0.25, 0.3) is 0 Å². The van der Waals surface area contributed by atoms with Gasteiger partial charge in [0, 0.05) is 19.6 Å². The number of nitrogens with one attached hydrogen (secondary N) is 1. The molecule has 3 N–H and O–H groups in total. The van der Waals surface area contributed by atoms with Gasteiger partial charge in [0.2, 0.25) is 0 Å². The molecule has 3 rings (SSSR count). The summed E-state index contributed by atoms with van der Waals surface area (Å²) >= 11 is 0. The van der Waals surface area contributed by atoms with Crippen molar-refractivity contribution in [3.8, 4) is 5.75 Å². The average Bonchev–Trinajstić information content (AvgIpc) is 2.64. The molecule has 1 aromatic carbocycles. The smallest absolute Gasteiger partial charge is 0.420 e. The molecular weight excluding hydrogens is 364 g/mol. The van der Waals surface area contributed by atoms with Gasteiger partial charge in [0.05, 0.1) is 6.54 Å². The van der Waals surface area contributed by atoms with Crippen molar-refractivity contribution in [3.05, 3.63) is 29.1 Å². The van der Waals surface area contributed by atoms with Crippen LogP contribution in [0.2, 0.25) is 0 Å². The van der Waals surface area contributed by atoms with E-state index in [1.807, 2.05) is 4.90 Å². The molecule has 27 heavy (non-hydrogen) atoms. The fraction of sp³-hybridized carbons (Fsp3) is 0.611. The molecule has 0 saturated carbocycles. The maximum Gasteiger partial charge on any atom is 0.420 e. The highest BCUT2D eigenvalue weighted by atomic mass is 19.4. The van der Waals surface area contributed by atoms with E-state index in [1.165, 1.54) is 0 Å². The van der Waals surface area contributed by atoms with E-state index >= 15 is 0 Å². The van der Waals surface area contributed by atoms with Crippen LogP contribution in [-0.2, 0) is 12.6 Å². The minimum Gasteiger partial charge on any atom is -0.488 e. The van der Waals surface area contributed by atoms with Gasteiger partial charge >= 0.3 is 6.18 Å². The summed E-state index contributed by atoms with van der Waals surface area (Å²) in [5, 5.41) is 3.23. The number of rotatable bonds is 5. The van der Waals surface area contributed by atoms with Gasteiger partial charge in [-0.15, -0.1) is 0 Å². The molecule has 1 unspecified atom stereocenters. The van der Waals surface area contributed by atoms with Crippen molar-refractivity contribution in [2.24, 2.45) is 10.7 Å². The lowest BCUT2D eigenvalue weighted by molar-refractivity contribution is -0.139. The molecule has 2 heterocycles. The number of nitrogens with two attached hydrogens (primary N) is 1. The Labute approximate surface area is 155 Å². The summed E-state index contributed by atoms with van der Waals surface area (Å²) in [5.41, 5.74) is 4.82. The monoisotopic (exact) mass is 388 g/mol. The van der Waals surface area contributed by atoms with E-state index in [0.717, 1.165) is 31.4 Å². The number of ether oxygens (including phenoxy) is 1. The van der Waals surface area contributed by atoms with Crippen molar-refractivity contribution in [3.63, 3.8) is 0 Å². The van der Waals surface area contributed by atoms with Gasteiger partial charge in [-0.1, -0.05) is 0 Å². The van der Waals surface area contributed by atoms with E-state index in [2.05, 4.69) is 10.3 Å². The lowest BCUT2D eigenvalue weighted by atomic mass is 9.98. The van der Waals surface area contributed by atoms with E-state index in [4.69, 9.17) is 10.5 Å². The van der Waals surface area contributed by atoms with E-state index in [9.17, 15) is 17.6 Å². The number of hydrogen-bond donors (Lipinski definition) is 2. The quantitative estimate of drug-likeness (QED) is 0.761. The minimum absolute atomic E-state index is 0.252. The number of fused-ring (bicyclic) bond motifs is 1. The standard InChI is InChI=1S/C18H24F4N4O/c19-13-9-12-3-4-14(27-16(12)15(10-13)18(20,21)22)11-26(8-1-5-23)17-24-6-2-7-25-17/h9-10,14H,1-8,11,23H2,(H,24,25). The third-order valence-corrected chi connectivity index (χ3v) is 4.69. The average molecular weight is 388 g/mol. The molecule has 0 spiro atoms. The topological polar surface area (TPSA) is 62.9 Å². The Morgan fingerprint density at radius 3 is 2.81 bits per heavy atom. The van der Waals surface area contributed by atoms with Crippen LogP contribution in [0.25, 0.3) is 0 Å². The normalized spacial score (nSPS) is 19.6. The fourth-order valence-corrected chi connectivity index (χ4v) is 3.40. The lowest BCUT2D eigenvalue weighted by Crippen LogP contribution is -2.49. The number of alkyl halides is 3. The van der Waals surface area contributed by atoms with Crippen LogP contribution in [0.5, 0.6) is 5.75 Å². The second-order valence-corrected chi connectivity index (χ2v) is 6.79. The number of hydrogen-bond acceptors (Lipinski definition) is 5. The van der Waals surface area contributed by atoms with E-state index < -0.39 is 23.7 Å². The van der Waals surface area contributed by atoms with Crippen molar-refractivity contribution in [1.82, 2.24) is 10.2 Å². The second kappa shape index (κ2) is 8.33. The van der Waals surface area contributed by atoms with Gasteiger partial charge in [0.15, 0.2) is 5.96 Å². The van der Waals surface area contributed by atoms with E-state index in [0.29, 0.717) is 45.1 Å². The number of guanidine groups is 1. The molecular formula is C18H24F4N4O. The van der Waals surface area contributed by atoms with Crippen molar-refractivity contribution in [2.75, 3.05) is 32.7 Å². The summed E-state index contributed by atoms with van der Waals surface area (Å²) in [4.78, 5) is 6.45. The number of aryl methyl sites for hydroxylation is 1. The third kappa shape index (κ3) is 4.82. The molecule has 1 atom stereocenters. The summed E-state index contributed by atoms with van der Waals surface area (Å²) in [6.45, 7) is 3.08. The molecule has 0 saturated heterocycles. The molecule has 2 aliphatic rings. The fourth-order valence-electron chi connectivity index (χ4n) is 3.40. The Balaban J connectivity index is 1.78. The maximum absolute atomic E-state index is 13.6. The highest BCUT2D eigenvalue weighted by molar-refractivity contribution is 5.80. The minimum atomic E-state index is -4.66. The molecule has 0 aromatic heterocycles. The lowest BCUT2D eigenvalue weighted by Gasteiger charge is -2.35. The van der Waals surface area contributed by atoms with Crippen LogP contribution in [0.3, 0.4) is 0 Å². The predicted molar refractivity (Wildman–Crippen MR) is 94.3 cm³/mol. The van der Waals surface area contributed by atoms with Crippen LogP contribution in [0.4, 0.5) is 17.6 Å². The highest BCUT2D eigenvalue weighted by Crippen LogP contribution is 2.41. The zero-order valence-corrected chi connectivity index (χ0v) is 15.0. The van der Waals surface area contributed by atoms with Gasteiger partial charge in [0.1, 0.15) is 23.2 Å². The van der Waals surface area contributed by atoms with Crippen molar-refractivity contribution in [1.29, 1.82) is 0 Å². The highest BCUT2D eigenvalue weighted by Gasteiger charge is 2.38. The summed E-state index contributed by atoms with van der Waals surface area (Å²) in [5.74, 6) is -0.412. The first-order valence-corrected chi connectivity index (χ1v) is 9.18. The first-order valence-electron chi connectivity index (χ1n) is 9.18. The Hall–Kier alpha value is -2.03. The van der Waals surface area contributed by atoms with Crippen LogP contribution in [0, 0.1) is 5.82 Å². The summed E-state index contributed by atoms with van der Waals surface area (Å²) < 4.78 is 59.2. The number of halogens is 4. The van der Waals surface area contributed by atoms with E-state index in [1.54, 1.807) is 0 Å². The Morgan fingerprint density at radius 2 is 2.15 bits per heavy atom. The van der Waals surface area contributed by atoms with Crippen LogP contribution in [0.15, 0.2) is 17.1 Å². The van der Waals surface area contributed by atoms with Gasteiger partial charge < -0.3 is 20.7 Å². The predicted octanol–water partition coefficient (Wildman–Crippen LogP) is 2.54. The molecule has 0 amide bonds. The van der Waals surface area contributed by atoms with Gasteiger partial charge in [-0.25, -0.2) is 4.39 Å². The van der Waals surface area contributed by atoms with Gasteiger partial charge in [-0.3, -0.25) is 4.99 Å². The summed E-state index contributed by atoms with van der Waals surface area (Å²) in [6, 6.07) is 1.62. The number of benzene rings is 1. The first-order chi connectivity index (χ1) is 12.9. The Bertz CT molecular complexity index is 693. The SMILES string of the molecule is NCCCN(CC1CCc2cc(F)cc(C(F)(F)F)c2O1)C1=NCCCN1. The second-order valence-electron chi connectivity index (χ2n) is 6.79. The molecule has 150 valence electrons. The largest absolute Gasteiger partial charge is 0.488 e. The van der Waals surface area contributed by atoms with Crippen LogP contribution >= 0.6 is 0 Å².